The Morgan fingerprint density at radius 1 is 1.14 bits per heavy atom. The molecular formula is C18H21NO3. The maximum Gasteiger partial charge on any atom is 0.265 e. The highest BCUT2D eigenvalue weighted by Crippen LogP contribution is 2.19. The lowest BCUT2D eigenvalue weighted by molar-refractivity contribution is -0.122. The Labute approximate surface area is 131 Å². The molecule has 4 nitrogen and oxygen atoms in total. The quantitative estimate of drug-likeness (QED) is 0.882. The van der Waals surface area contributed by atoms with E-state index in [0.717, 1.165) is 5.56 Å². The molecule has 0 saturated carbocycles. The number of ether oxygens (including phenoxy) is 2. The van der Waals surface area contributed by atoms with Crippen LogP contribution in [0.3, 0.4) is 0 Å². The summed E-state index contributed by atoms with van der Waals surface area (Å²) in [6.07, 6.45) is 0.0528. The predicted molar refractivity (Wildman–Crippen MR) is 87.5 cm³/mol. The molecule has 2 aromatic rings. The fourth-order valence-corrected chi connectivity index (χ4v) is 2.10. The van der Waals surface area contributed by atoms with Gasteiger partial charge in [-0.25, -0.2) is 0 Å². The lowest BCUT2D eigenvalue weighted by Crippen LogP contribution is -2.32. The number of carbonyl (C=O) groups excluding carboxylic acids is 1. The Morgan fingerprint density at radius 3 is 2.55 bits per heavy atom. The largest absolute Gasteiger partial charge is 0.497 e. The second-order valence-electron chi connectivity index (χ2n) is 5.05. The van der Waals surface area contributed by atoms with Gasteiger partial charge in [-0.3, -0.25) is 4.79 Å². The number of aryl methyl sites for hydroxylation is 1. The van der Waals surface area contributed by atoms with Crippen LogP contribution >= 0.6 is 0 Å². The van der Waals surface area contributed by atoms with Gasteiger partial charge in [-0.1, -0.05) is 25.1 Å². The molecule has 0 aliphatic carbocycles. The molecule has 1 atom stereocenters. The second-order valence-corrected chi connectivity index (χ2v) is 5.05. The average molecular weight is 299 g/mol. The van der Waals surface area contributed by atoms with Crippen molar-refractivity contribution in [1.82, 2.24) is 0 Å². The van der Waals surface area contributed by atoms with Crippen molar-refractivity contribution in [3.8, 4) is 11.5 Å². The Kier molecular flexibility index (Phi) is 5.42. The summed E-state index contributed by atoms with van der Waals surface area (Å²) in [6, 6.07) is 14.9. The van der Waals surface area contributed by atoms with Gasteiger partial charge < -0.3 is 14.8 Å². The molecule has 116 valence electrons. The van der Waals surface area contributed by atoms with Crippen LogP contribution in [0.2, 0.25) is 0 Å². The fourth-order valence-electron chi connectivity index (χ4n) is 2.10. The Hall–Kier alpha value is -2.49. The highest BCUT2D eigenvalue weighted by Gasteiger charge is 2.18. The Morgan fingerprint density at radius 2 is 1.86 bits per heavy atom. The summed E-state index contributed by atoms with van der Waals surface area (Å²) in [7, 11) is 1.59. The molecule has 0 bridgehead atoms. The molecule has 2 aromatic carbocycles. The van der Waals surface area contributed by atoms with Crippen molar-refractivity contribution in [2.75, 3.05) is 12.4 Å². The van der Waals surface area contributed by atoms with Crippen LogP contribution in [0, 0.1) is 6.92 Å². The van der Waals surface area contributed by atoms with Crippen LogP contribution < -0.4 is 14.8 Å². The lowest BCUT2D eigenvalue weighted by Gasteiger charge is -2.17. The van der Waals surface area contributed by atoms with Crippen molar-refractivity contribution in [2.45, 2.75) is 26.4 Å². The van der Waals surface area contributed by atoms with E-state index in [1.807, 2.05) is 56.3 Å². The summed E-state index contributed by atoms with van der Waals surface area (Å²) >= 11 is 0. The van der Waals surface area contributed by atoms with Gasteiger partial charge in [0.25, 0.3) is 5.91 Å². The first-order valence-electron chi connectivity index (χ1n) is 7.30. The predicted octanol–water partition coefficient (Wildman–Crippen LogP) is 3.80. The minimum Gasteiger partial charge on any atom is -0.497 e. The number of methoxy groups -OCH3 is 1. The van der Waals surface area contributed by atoms with Crippen molar-refractivity contribution >= 4 is 11.6 Å². The normalized spacial score (nSPS) is 11.6. The summed E-state index contributed by atoms with van der Waals surface area (Å²) in [5.74, 6) is 1.23. The number of hydrogen-bond donors (Lipinski definition) is 1. The minimum atomic E-state index is -0.534. The second kappa shape index (κ2) is 7.50. The first kappa shape index (κ1) is 15.9. The van der Waals surface area contributed by atoms with E-state index in [0.29, 0.717) is 23.6 Å². The molecule has 0 spiro atoms. The molecule has 1 N–H and O–H groups in total. The lowest BCUT2D eigenvalue weighted by atomic mass is 10.2. The molecule has 1 unspecified atom stereocenters. The van der Waals surface area contributed by atoms with Crippen molar-refractivity contribution in [2.24, 2.45) is 0 Å². The summed E-state index contributed by atoms with van der Waals surface area (Å²) < 4.78 is 10.9. The van der Waals surface area contributed by atoms with Crippen molar-refractivity contribution in [1.29, 1.82) is 0 Å². The van der Waals surface area contributed by atoms with Crippen LogP contribution in [0.25, 0.3) is 0 Å². The first-order valence-corrected chi connectivity index (χ1v) is 7.30. The van der Waals surface area contributed by atoms with E-state index < -0.39 is 6.10 Å². The smallest absolute Gasteiger partial charge is 0.265 e. The molecule has 2 rings (SSSR count). The van der Waals surface area contributed by atoms with Gasteiger partial charge in [0.2, 0.25) is 0 Å². The molecule has 0 aliphatic rings. The first-order chi connectivity index (χ1) is 10.6. The standard InChI is InChI=1S/C18H21NO3/c1-4-17(22-16-10-5-7-13(2)11-16)18(20)19-14-8-6-9-15(12-14)21-3/h5-12,17H,4H2,1-3H3,(H,19,20). The highest BCUT2D eigenvalue weighted by molar-refractivity contribution is 5.94. The zero-order valence-electron chi connectivity index (χ0n) is 13.1. The average Bonchev–Trinajstić information content (AvgIpc) is 2.52. The van der Waals surface area contributed by atoms with Crippen molar-refractivity contribution < 1.29 is 14.3 Å². The summed E-state index contributed by atoms with van der Waals surface area (Å²) in [5.41, 5.74) is 1.79. The van der Waals surface area contributed by atoms with Gasteiger partial charge in [-0.05, 0) is 43.2 Å². The van der Waals surface area contributed by atoms with Gasteiger partial charge in [0, 0.05) is 11.8 Å². The van der Waals surface area contributed by atoms with Gasteiger partial charge in [0.15, 0.2) is 6.10 Å². The minimum absolute atomic E-state index is 0.169. The SMILES string of the molecule is CCC(Oc1cccc(C)c1)C(=O)Nc1cccc(OC)c1. The van der Waals surface area contributed by atoms with Crippen LogP contribution in [0.1, 0.15) is 18.9 Å². The third kappa shape index (κ3) is 4.25. The number of amides is 1. The number of anilines is 1. The molecule has 0 saturated heterocycles. The maximum absolute atomic E-state index is 12.4. The Bertz CT molecular complexity index is 640. The Balaban J connectivity index is 2.05. The van der Waals surface area contributed by atoms with Crippen LogP contribution in [0.4, 0.5) is 5.69 Å². The van der Waals surface area contributed by atoms with E-state index in [-0.39, 0.29) is 5.91 Å². The van der Waals surface area contributed by atoms with Crippen LogP contribution in [-0.4, -0.2) is 19.1 Å². The summed E-state index contributed by atoms with van der Waals surface area (Å²) in [6.45, 7) is 3.91. The molecule has 0 fully saturated rings. The van der Waals surface area contributed by atoms with Gasteiger partial charge in [-0.15, -0.1) is 0 Å². The summed E-state index contributed by atoms with van der Waals surface area (Å²) in [5, 5.41) is 2.86. The third-order valence-corrected chi connectivity index (χ3v) is 3.27. The van der Waals surface area contributed by atoms with E-state index >= 15 is 0 Å². The van der Waals surface area contributed by atoms with E-state index in [4.69, 9.17) is 9.47 Å². The maximum atomic E-state index is 12.4. The number of nitrogens with one attached hydrogen (secondary N) is 1. The topological polar surface area (TPSA) is 47.6 Å². The van der Waals surface area contributed by atoms with Crippen molar-refractivity contribution in [3.05, 3.63) is 54.1 Å². The number of benzene rings is 2. The fraction of sp³-hybridized carbons (Fsp3) is 0.278. The summed E-state index contributed by atoms with van der Waals surface area (Å²) in [4.78, 5) is 12.4. The van der Waals surface area contributed by atoms with Crippen LogP contribution in [0.15, 0.2) is 48.5 Å². The third-order valence-electron chi connectivity index (χ3n) is 3.27. The van der Waals surface area contributed by atoms with Crippen molar-refractivity contribution in [3.63, 3.8) is 0 Å². The van der Waals surface area contributed by atoms with E-state index in [1.165, 1.54) is 0 Å². The molecular weight excluding hydrogens is 278 g/mol. The highest BCUT2D eigenvalue weighted by atomic mass is 16.5. The number of carbonyl (C=O) groups is 1. The van der Waals surface area contributed by atoms with Gasteiger partial charge >= 0.3 is 0 Å². The molecule has 22 heavy (non-hydrogen) atoms. The zero-order chi connectivity index (χ0) is 15.9. The number of rotatable bonds is 6. The molecule has 0 radical (unpaired) electrons. The van der Waals surface area contributed by atoms with E-state index in [9.17, 15) is 4.79 Å². The monoisotopic (exact) mass is 299 g/mol. The van der Waals surface area contributed by atoms with Gasteiger partial charge in [0.1, 0.15) is 11.5 Å². The van der Waals surface area contributed by atoms with E-state index in [1.54, 1.807) is 13.2 Å². The molecule has 0 heterocycles. The molecule has 0 aromatic heterocycles. The number of hydrogen-bond acceptors (Lipinski definition) is 3. The van der Waals surface area contributed by atoms with Gasteiger partial charge in [0.05, 0.1) is 7.11 Å². The zero-order valence-corrected chi connectivity index (χ0v) is 13.1. The molecule has 1 amide bonds. The van der Waals surface area contributed by atoms with Crippen LogP contribution in [-0.2, 0) is 4.79 Å². The van der Waals surface area contributed by atoms with E-state index in [2.05, 4.69) is 5.32 Å². The van der Waals surface area contributed by atoms with Gasteiger partial charge in [-0.2, -0.15) is 0 Å². The molecule has 0 aliphatic heterocycles. The van der Waals surface area contributed by atoms with Crippen LogP contribution in [0.5, 0.6) is 11.5 Å². The molecule has 4 heteroatoms.